The van der Waals surface area contributed by atoms with E-state index in [0.29, 0.717) is 6.04 Å². The molecule has 128 valence electrons. The summed E-state index contributed by atoms with van der Waals surface area (Å²) < 4.78 is 5.38. The zero-order valence-corrected chi connectivity index (χ0v) is 16.3. The Bertz CT molecular complexity index is 902. The van der Waals surface area contributed by atoms with E-state index in [1.54, 1.807) is 29.8 Å². The van der Waals surface area contributed by atoms with E-state index >= 15 is 0 Å². The molecule has 3 nitrogen and oxygen atoms in total. The summed E-state index contributed by atoms with van der Waals surface area (Å²) in [5.74, 6) is 0. The van der Waals surface area contributed by atoms with E-state index in [0.717, 1.165) is 18.0 Å². The van der Waals surface area contributed by atoms with Crippen LogP contribution in [0.5, 0.6) is 0 Å². The molecule has 0 aromatic carbocycles. The Morgan fingerprint density at radius 1 is 1.04 bits per heavy atom. The molecule has 0 unspecified atom stereocenters. The average Bonchev–Trinajstić information content (AvgIpc) is 3.38. The third-order valence-corrected chi connectivity index (χ3v) is 8.01. The molecule has 1 fully saturated rings. The summed E-state index contributed by atoms with van der Waals surface area (Å²) >= 11 is 5.22. The van der Waals surface area contributed by atoms with Gasteiger partial charge in [0.2, 0.25) is 0 Å². The Hall–Kier alpha value is -1.65. The number of hydrogen-bond donors (Lipinski definition) is 0. The molecule has 0 N–H and O–H groups in total. The van der Waals surface area contributed by atoms with Crippen LogP contribution in [0.25, 0.3) is 19.5 Å². The van der Waals surface area contributed by atoms with Crippen LogP contribution in [0.1, 0.15) is 17.7 Å². The minimum Gasteiger partial charge on any atom is -0.383 e. The van der Waals surface area contributed by atoms with Crippen LogP contribution < -0.4 is 4.90 Å². The van der Waals surface area contributed by atoms with Gasteiger partial charge < -0.3 is 9.64 Å². The molecule has 1 atom stereocenters. The van der Waals surface area contributed by atoms with Crippen LogP contribution in [0.15, 0.2) is 36.4 Å². The summed E-state index contributed by atoms with van der Waals surface area (Å²) in [5, 5.41) is 10.3. The van der Waals surface area contributed by atoms with Crippen LogP contribution in [0, 0.1) is 11.3 Å². The number of hydrogen-bond acceptors (Lipinski definition) is 6. The van der Waals surface area contributed by atoms with Gasteiger partial charge in [0.15, 0.2) is 0 Å². The number of anilines is 1. The molecule has 0 spiro atoms. The fourth-order valence-electron chi connectivity index (χ4n) is 3.24. The zero-order chi connectivity index (χ0) is 17.2. The van der Waals surface area contributed by atoms with Crippen molar-refractivity contribution >= 4 is 39.0 Å². The smallest absolute Gasteiger partial charge is 0.110 e. The summed E-state index contributed by atoms with van der Waals surface area (Å²) in [6.45, 7) is 1.92. The molecule has 25 heavy (non-hydrogen) atoms. The second-order valence-electron chi connectivity index (χ2n) is 6.02. The molecule has 4 heterocycles. The van der Waals surface area contributed by atoms with Crippen molar-refractivity contribution in [2.45, 2.75) is 18.9 Å². The largest absolute Gasteiger partial charge is 0.383 e. The molecule has 1 aliphatic heterocycles. The first kappa shape index (κ1) is 16.8. The summed E-state index contributed by atoms with van der Waals surface area (Å²) in [6.07, 6.45) is 2.45. The van der Waals surface area contributed by atoms with E-state index in [-0.39, 0.29) is 0 Å². The van der Waals surface area contributed by atoms with Crippen molar-refractivity contribution in [2.24, 2.45) is 0 Å². The highest BCUT2D eigenvalue weighted by molar-refractivity contribution is 7.27. The maximum Gasteiger partial charge on any atom is 0.110 e. The van der Waals surface area contributed by atoms with Crippen LogP contribution in [0.4, 0.5) is 5.00 Å². The van der Waals surface area contributed by atoms with Gasteiger partial charge in [0.25, 0.3) is 0 Å². The van der Waals surface area contributed by atoms with Gasteiger partial charge in [-0.3, -0.25) is 0 Å². The molecule has 0 saturated carbocycles. The van der Waals surface area contributed by atoms with Gasteiger partial charge >= 0.3 is 0 Å². The van der Waals surface area contributed by atoms with E-state index in [2.05, 4.69) is 35.2 Å². The van der Waals surface area contributed by atoms with Gasteiger partial charge in [0, 0.05) is 33.2 Å². The minimum absolute atomic E-state index is 0.505. The minimum atomic E-state index is 0.505. The predicted octanol–water partition coefficient (Wildman–Crippen LogP) is 5.69. The maximum absolute atomic E-state index is 9.00. The van der Waals surface area contributed by atoms with Crippen LogP contribution in [0.2, 0.25) is 0 Å². The number of thiophene rings is 3. The fraction of sp³-hybridized carbons (Fsp3) is 0.316. The van der Waals surface area contributed by atoms with Crippen molar-refractivity contribution < 1.29 is 4.74 Å². The summed E-state index contributed by atoms with van der Waals surface area (Å²) in [7, 11) is 1.78. The second-order valence-corrected chi connectivity index (χ2v) is 9.25. The number of ether oxygens (including phenoxy) is 1. The number of rotatable bonds is 5. The first-order valence-electron chi connectivity index (χ1n) is 8.24. The summed E-state index contributed by atoms with van der Waals surface area (Å²) in [6, 6.07) is 15.5. The highest BCUT2D eigenvalue weighted by Gasteiger charge is 2.25. The topological polar surface area (TPSA) is 36.3 Å². The lowest BCUT2D eigenvalue weighted by atomic mass is 10.2. The molecule has 1 saturated heterocycles. The lowest BCUT2D eigenvalue weighted by molar-refractivity contribution is 0.181. The first-order valence-corrected chi connectivity index (χ1v) is 10.7. The van der Waals surface area contributed by atoms with Crippen molar-refractivity contribution in [2.75, 3.05) is 25.2 Å². The number of nitrogens with zero attached hydrogens (tertiary/aromatic N) is 2. The Morgan fingerprint density at radius 3 is 2.44 bits per heavy atom. The van der Waals surface area contributed by atoms with Crippen molar-refractivity contribution in [3.05, 3.63) is 41.3 Å². The van der Waals surface area contributed by atoms with Gasteiger partial charge in [-0.1, -0.05) is 0 Å². The van der Waals surface area contributed by atoms with Crippen molar-refractivity contribution in [1.82, 2.24) is 0 Å². The van der Waals surface area contributed by atoms with Crippen LogP contribution in [-0.4, -0.2) is 26.3 Å². The molecule has 3 aromatic rings. The lowest BCUT2D eigenvalue weighted by Crippen LogP contribution is -2.31. The third kappa shape index (κ3) is 3.38. The van der Waals surface area contributed by atoms with Gasteiger partial charge in [-0.2, -0.15) is 5.26 Å². The monoisotopic (exact) mass is 386 g/mol. The molecule has 6 heteroatoms. The highest BCUT2D eigenvalue weighted by atomic mass is 32.1. The van der Waals surface area contributed by atoms with Crippen LogP contribution >= 0.6 is 34.0 Å². The molecule has 0 amide bonds. The normalized spacial score (nSPS) is 17.1. The van der Waals surface area contributed by atoms with Gasteiger partial charge in [-0.05, 0) is 49.2 Å². The summed E-state index contributed by atoms with van der Waals surface area (Å²) in [5.41, 5.74) is 0. The first-order chi connectivity index (χ1) is 12.3. The molecular formula is C19H18N2OS3. The van der Waals surface area contributed by atoms with E-state index in [9.17, 15) is 0 Å². The van der Waals surface area contributed by atoms with Gasteiger partial charge in [-0.25, -0.2) is 0 Å². The maximum atomic E-state index is 9.00. The van der Waals surface area contributed by atoms with E-state index in [1.807, 2.05) is 23.5 Å². The lowest BCUT2D eigenvalue weighted by Gasteiger charge is -2.24. The van der Waals surface area contributed by atoms with E-state index < -0.39 is 0 Å². The molecular weight excluding hydrogens is 368 g/mol. The highest BCUT2D eigenvalue weighted by Crippen LogP contribution is 2.42. The molecule has 0 radical (unpaired) electrons. The molecule has 4 rings (SSSR count). The van der Waals surface area contributed by atoms with Crippen molar-refractivity contribution in [3.8, 4) is 25.6 Å². The van der Waals surface area contributed by atoms with Crippen molar-refractivity contribution in [1.29, 1.82) is 5.26 Å². The van der Waals surface area contributed by atoms with Gasteiger partial charge in [0.1, 0.15) is 10.9 Å². The number of nitriles is 1. The molecule has 1 aliphatic rings. The van der Waals surface area contributed by atoms with E-state index in [1.165, 1.54) is 37.4 Å². The van der Waals surface area contributed by atoms with Crippen LogP contribution in [-0.2, 0) is 4.74 Å². The average molecular weight is 387 g/mol. The summed E-state index contributed by atoms with van der Waals surface area (Å²) in [4.78, 5) is 8.26. The van der Waals surface area contributed by atoms with E-state index in [4.69, 9.17) is 10.00 Å². The molecule has 3 aromatic heterocycles. The molecule has 0 aliphatic carbocycles. The van der Waals surface area contributed by atoms with Gasteiger partial charge in [0.05, 0.1) is 17.6 Å². The second kappa shape index (κ2) is 7.30. The quantitative estimate of drug-likeness (QED) is 0.565. The van der Waals surface area contributed by atoms with Crippen LogP contribution in [0.3, 0.4) is 0 Å². The SMILES string of the molecule is COC[C@H]1CCCN1c1ccc(-c2ccc(-c3ccc(C#N)s3)s2)s1. The van der Waals surface area contributed by atoms with Crippen molar-refractivity contribution in [3.63, 3.8) is 0 Å². The Labute approximate surface area is 159 Å². The predicted molar refractivity (Wildman–Crippen MR) is 108 cm³/mol. The third-order valence-electron chi connectivity index (χ3n) is 4.42. The number of methoxy groups -OCH3 is 1. The Kier molecular flexibility index (Phi) is 4.91. The standard InChI is InChI=1S/C19H18N2OS3/c1-22-12-13-3-2-10-21(13)19-9-8-18(25-19)17-7-6-16(24-17)15-5-4-14(11-20)23-15/h4-9,13H,2-3,10,12H2,1H3/t13-/m1/s1. The Morgan fingerprint density at radius 2 is 1.72 bits per heavy atom. The Balaban J connectivity index is 1.55. The zero-order valence-electron chi connectivity index (χ0n) is 13.9. The fourth-order valence-corrected chi connectivity index (χ4v) is 6.33. The van der Waals surface area contributed by atoms with Gasteiger partial charge in [-0.15, -0.1) is 34.0 Å². The molecule has 0 bridgehead atoms.